The lowest BCUT2D eigenvalue weighted by atomic mass is 10.2. The monoisotopic (exact) mass is 434 g/mol. The highest BCUT2D eigenvalue weighted by molar-refractivity contribution is 5.93. The van der Waals surface area contributed by atoms with E-state index in [2.05, 4.69) is 0 Å². The van der Waals surface area contributed by atoms with Crippen LogP contribution in [-0.4, -0.2) is 31.8 Å². The van der Waals surface area contributed by atoms with Gasteiger partial charge in [-0.05, 0) is 54.4 Å². The van der Waals surface area contributed by atoms with Gasteiger partial charge >= 0.3 is 11.9 Å². The van der Waals surface area contributed by atoms with Gasteiger partial charge in [0.1, 0.15) is 30.5 Å². The molecule has 3 aromatic rings. The van der Waals surface area contributed by atoms with E-state index in [4.69, 9.17) is 18.9 Å². The van der Waals surface area contributed by atoms with E-state index in [0.29, 0.717) is 29.6 Å². The quantitative estimate of drug-likeness (QED) is 0.249. The van der Waals surface area contributed by atoms with Gasteiger partial charge in [-0.25, -0.2) is 9.59 Å². The van der Waals surface area contributed by atoms with E-state index in [0.717, 1.165) is 0 Å². The number of benzene rings is 3. The Kier molecular flexibility index (Phi) is 8.26. The lowest BCUT2D eigenvalue weighted by molar-refractivity contribution is 0.0449. The van der Waals surface area contributed by atoms with Crippen LogP contribution in [0.2, 0.25) is 0 Å². The van der Waals surface area contributed by atoms with Crippen molar-refractivity contribution >= 4 is 11.9 Å². The fraction of sp³-hybridized carbons (Fsp3) is 0.231. The number of rotatable bonds is 10. The summed E-state index contributed by atoms with van der Waals surface area (Å²) in [7, 11) is 0. The highest BCUT2D eigenvalue weighted by atomic mass is 16.6. The zero-order chi connectivity index (χ0) is 22.8. The molecule has 0 aliphatic rings. The summed E-state index contributed by atoms with van der Waals surface area (Å²) in [6.07, 6.45) is 0. The lowest BCUT2D eigenvalue weighted by Crippen LogP contribution is -2.13. The molecule has 6 heteroatoms. The molecule has 0 heterocycles. The smallest absolute Gasteiger partial charge is 0.343 e. The Hall–Kier alpha value is -3.80. The van der Waals surface area contributed by atoms with Crippen molar-refractivity contribution < 1.29 is 28.5 Å². The van der Waals surface area contributed by atoms with Gasteiger partial charge in [-0.3, -0.25) is 0 Å². The maximum atomic E-state index is 12.5. The standard InChI is InChI=1S/C26H26O6/c1-19(2)18-31-23-12-6-9-21(16-23)26(28)32-24-13-7-8-20(17-24)25(27)30-15-14-29-22-10-4-3-5-11-22/h3-13,16-17,19H,14-15,18H2,1-2H3. The summed E-state index contributed by atoms with van der Waals surface area (Å²) < 4.78 is 21.8. The normalized spacial score (nSPS) is 10.5. The van der Waals surface area contributed by atoms with Crippen molar-refractivity contribution in [3.05, 3.63) is 90.0 Å². The molecule has 0 fully saturated rings. The van der Waals surface area contributed by atoms with Crippen LogP contribution in [-0.2, 0) is 4.74 Å². The van der Waals surface area contributed by atoms with Gasteiger partial charge in [-0.2, -0.15) is 0 Å². The fourth-order valence-corrected chi connectivity index (χ4v) is 2.72. The molecule has 0 radical (unpaired) electrons. The molecule has 0 amide bonds. The molecular formula is C26H26O6. The maximum absolute atomic E-state index is 12.5. The van der Waals surface area contributed by atoms with E-state index in [1.54, 1.807) is 42.5 Å². The van der Waals surface area contributed by atoms with Crippen LogP contribution in [0.3, 0.4) is 0 Å². The summed E-state index contributed by atoms with van der Waals surface area (Å²) in [5.74, 6) is 0.862. The Labute approximate surface area is 187 Å². The molecule has 0 aliphatic heterocycles. The second-order valence-electron chi connectivity index (χ2n) is 7.45. The number of para-hydroxylation sites is 1. The minimum atomic E-state index is -0.540. The van der Waals surface area contributed by atoms with Crippen LogP contribution in [0.4, 0.5) is 0 Å². The molecule has 0 N–H and O–H groups in total. The van der Waals surface area contributed by atoms with E-state index in [1.165, 1.54) is 6.07 Å². The average molecular weight is 434 g/mol. The van der Waals surface area contributed by atoms with Crippen molar-refractivity contribution in [2.24, 2.45) is 5.92 Å². The molecule has 0 saturated heterocycles. The van der Waals surface area contributed by atoms with Crippen molar-refractivity contribution in [2.75, 3.05) is 19.8 Å². The highest BCUT2D eigenvalue weighted by Gasteiger charge is 2.13. The minimum absolute atomic E-state index is 0.0981. The Morgan fingerprint density at radius 2 is 1.31 bits per heavy atom. The Morgan fingerprint density at radius 1 is 0.688 bits per heavy atom. The number of ether oxygens (including phenoxy) is 4. The zero-order valence-electron chi connectivity index (χ0n) is 18.2. The molecule has 3 aromatic carbocycles. The first-order valence-corrected chi connectivity index (χ1v) is 10.4. The summed E-state index contributed by atoms with van der Waals surface area (Å²) in [6.45, 7) is 4.98. The first-order valence-electron chi connectivity index (χ1n) is 10.4. The molecule has 0 bridgehead atoms. The van der Waals surface area contributed by atoms with Gasteiger partial charge in [0, 0.05) is 0 Å². The molecule has 32 heavy (non-hydrogen) atoms. The van der Waals surface area contributed by atoms with E-state index in [1.807, 2.05) is 44.2 Å². The zero-order valence-corrected chi connectivity index (χ0v) is 18.2. The average Bonchev–Trinajstić information content (AvgIpc) is 2.81. The van der Waals surface area contributed by atoms with Crippen LogP contribution in [0.15, 0.2) is 78.9 Å². The molecule has 0 unspecified atom stereocenters. The molecular weight excluding hydrogens is 408 g/mol. The Morgan fingerprint density at radius 3 is 2.03 bits per heavy atom. The summed E-state index contributed by atoms with van der Waals surface area (Å²) >= 11 is 0. The molecule has 0 aromatic heterocycles. The van der Waals surface area contributed by atoms with Gasteiger partial charge in [-0.1, -0.05) is 44.2 Å². The molecule has 3 rings (SSSR count). The number of carbonyl (C=O) groups is 2. The first kappa shape index (κ1) is 22.9. The van der Waals surface area contributed by atoms with Crippen LogP contribution in [0.5, 0.6) is 17.2 Å². The van der Waals surface area contributed by atoms with E-state index in [9.17, 15) is 9.59 Å². The van der Waals surface area contributed by atoms with Gasteiger partial charge < -0.3 is 18.9 Å². The maximum Gasteiger partial charge on any atom is 0.343 e. The van der Waals surface area contributed by atoms with Gasteiger partial charge in [0.15, 0.2) is 0 Å². The van der Waals surface area contributed by atoms with Crippen molar-refractivity contribution in [1.29, 1.82) is 0 Å². The van der Waals surface area contributed by atoms with Crippen LogP contribution >= 0.6 is 0 Å². The van der Waals surface area contributed by atoms with Crippen LogP contribution in [0, 0.1) is 5.92 Å². The molecule has 0 spiro atoms. The first-order chi connectivity index (χ1) is 15.5. The number of carbonyl (C=O) groups excluding carboxylic acids is 2. The lowest BCUT2D eigenvalue weighted by Gasteiger charge is -2.10. The summed E-state index contributed by atoms with van der Waals surface area (Å²) in [5, 5.41) is 0. The highest BCUT2D eigenvalue weighted by Crippen LogP contribution is 2.19. The van der Waals surface area contributed by atoms with Crippen LogP contribution in [0.1, 0.15) is 34.6 Å². The third-order valence-electron chi connectivity index (χ3n) is 4.26. The Balaban J connectivity index is 1.53. The van der Waals surface area contributed by atoms with Gasteiger partial charge in [0.25, 0.3) is 0 Å². The van der Waals surface area contributed by atoms with E-state index < -0.39 is 11.9 Å². The fourth-order valence-electron chi connectivity index (χ4n) is 2.72. The summed E-state index contributed by atoms with van der Waals surface area (Å²) in [4.78, 5) is 24.8. The van der Waals surface area contributed by atoms with Crippen LogP contribution in [0.25, 0.3) is 0 Å². The topological polar surface area (TPSA) is 71.1 Å². The molecule has 0 saturated carbocycles. The van der Waals surface area contributed by atoms with Crippen molar-refractivity contribution in [2.45, 2.75) is 13.8 Å². The summed E-state index contributed by atoms with van der Waals surface area (Å²) in [6, 6.07) is 22.4. The minimum Gasteiger partial charge on any atom is -0.493 e. The molecule has 0 atom stereocenters. The second kappa shape index (κ2) is 11.6. The van der Waals surface area contributed by atoms with E-state index in [-0.39, 0.29) is 24.5 Å². The summed E-state index contributed by atoms with van der Waals surface area (Å²) in [5.41, 5.74) is 0.640. The molecule has 0 aliphatic carbocycles. The second-order valence-corrected chi connectivity index (χ2v) is 7.45. The van der Waals surface area contributed by atoms with Crippen LogP contribution < -0.4 is 14.2 Å². The number of hydrogen-bond donors (Lipinski definition) is 0. The number of esters is 2. The van der Waals surface area contributed by atoms with Crippen molar-refractivity contribution in [1.82, 2.24) is 0 Å². The third kappa shape index (κ3) is 7.16. The van der Waals surface area contributed by atoms with Gasteiger partial charge in [0.2, 0.25) is 0 Å². The molecule has 6 nitrogen and oxygen atoms in total. The SMILES string of the molecule is CC(C)COc1cccc(C(=O)Oc2cccc(C(=O)OCCOc3ccccc3)c2)c1. The van der Waals surface area contributed by atoms with Crippen molar-refractivity contribution in [3.8, 4) is 17.2 Å². The predicted molar refractivity (Wildman–Crippen MR) is 120 cm³/mol. The molecule has 166 valence electrons. The Bertz CT molecular complexity index is 1030. The van der Waals surface area contributed by atoms with E-state index >= 15 is 0 Å². The van der Waals surface area contributed by atoms with Crippen molar-refractivity contribution in [3.63, 3.8) is 0 Å². The predicted octanol–water partition coefficient (Wildman–Crippen LogP) is 5.18. The largest absolute Gasteiger partial charge is 0.493 e. The van der Waals surface area contributed by atoms with Gasteiger partial charge in [0.05, 0.1) is 17.7 Å². The van der Waals surface area contributed by atoms with Gasteiger partial charge in [-0.15, -0.1) is 0 Å². The third-order valence-corrected chi connectivity index (χ3v) is 4.26. The number of hydrogen-bond acceptors (Lipinski definition) is 6.